The van der Waals surface area contributed by atoms with Gasteiger partial charge in [0.25, 0.3) is 5.91 Å². The summed E-state index contributed by atoms with van der Waals surface area (Å²) in [5, 5.41) is 0. The SMILES string of the molecule is CCC(=O)N1CCC([C@H]2[C@@H](OC)C(=O)N2C(C)C)CC1. The molecule has 0 aromatic rings. The zero-order chi connectivity index (χ0) is 14.9. The Balaban J connectivity index is 1.98. The molecule has 5 nitrogen and oxygen atoms in total. The predicted molar refractivity (Wildman–Crippen MR) is 76.2 cm³/mol. The maximum Gasteiger partial charge on any atom is 0.254 e. The van der Waals surface area contributed by atoms with E-state index in [1.54, 1.807) is 7.11 Å². The molecule has 0 spiro atoms. The second kappa shape index (κ2) is 6.12. The molecule has 114 valence electrons. The summed E-state index contributed by atoms with van der Waals surface area (Å²) in [6.07, 6.45) is 2.22. The largest absolute Gasteiger partial charge is 0.369 e. The second-order valence-electron chi connectivity index (χ2n) is 6.06. The summed E-state index contributed by atoms with van der Waals surface area (Å²) in [5.41, 5.74) is 0. The van der Waals surface area contributed by atoms with E-state index in [4.69, 9.17) is 4.74 Å². The summed E-state index contributed by atoms with van der Waals surface area (Å²) in [7, 11) is 1.61. The molecule has 2 saturated heterocycles. The highest BCUT2D eigenvalue weighted by molar-refractivity contribution is 5.88. The van der Waals surface area contributed by atoms with E-state index < -0.39 is 0 Å². The van der Waals surface area contributed by atoms with E-state index in [1.165, 1.54) is 0 Å². The third kappa shape index (κ3) is 2.55. The molecule has 0 saturated carbocycles. The van der Waals surface area contributed by atoms with Crippen LogP contribution in [0.1, 0.15) is 40.0 Å². The molecule has 2 amide bonds. The molecule has 2 aliphatic heterocycles. The maximum atomic E-state index is 12.0. The van der Waals surface area contributed by atoms with Crippen molar-refractivity contribution in [3.05, 3.63) is 0 Å². The maximum absolute atomic E-state index is 12.0. The molecule has 0 aromatic heterocycles. The number of piperidine rings is 1. The molecular weight excluding hydrogens is 256 g/mol. The van der Waals surface area contributed by atoms with Crippen molar-refractivity contribution in [1.82, 2.24) is 9.80 Å². The highest BCUT2D eigenvalue weighted by Gasteiger charge is 2.52. The summed E-state index contributed by atoms with van der Waals surface area (Å²) in [6, 6.07) is 0.403. The van der Waals surface area contributed by atoms with Gasteiger partial charge in [0.05, 0.1) is 6.04 Å². The minimum Gasteiger partial charge on any atom is -0.369 e. The lowest BCUT2D eigenvalue weighted by atomic mass is 9.79. The van der Waals surface area contributed by atoms with Crippen LogP contribution in [0.2, 0.25) is 0 Å². The van der Waals surface area contributed by atoms with Gasteiger partial charge in [-0.3, -0.25) is 9.59 Å². The predicted octanol–water partition coefficient (Wildman–Crippen LogP) is 1.27. The van der Waals surface area contributed by atoms with Crippen LogP contribution in [0.4, 0.5) is 0 Å². The fraction of sp³-hybridized carbons (Fsp3) is 0.867. The molecule has 0 aliphatic carbocycles. The molecule has 5 heteroatoms. The lowest BCUT2D eigenvalue weighted by molar-refractivity contribution is -0.182. The first kappa shape index (κ1) is 15.3. The number of ether oxygens (including phenoxy) is 1. The molecular formula is C15H26N2O3. The standard InChI is InChI=1S/C15H26N2O3/c1-5-12(18)16-8-6-11(7-9-16)13-14(20-4)15(19)17(13)10(2)3/h10-11,13-14H,5-9H2,1-4H3/t13-,14+/m0/s1. The fourth-order valence-electron chi connectivity index (χ4n) is 3.53. The van der Waals surface area contributed by atoms with Crippen LogP contribution >= 0.6 is 0 Å². The number of hydrogen-bond donors (Lipinski definition) is 0. The van der Waals surface area contributed by atoms with E-state index in [0.29, 0.717) is 12.3 Å². The molecule has 2 aliphatic rings. The van der Waals surface area contributed by atoms with Gasteiger partial charge in [-0.15, -0.1) is 0 Å². The summed E-state index contributed by atoms with van der Waals surface area (Å²) in [5.74, 6) is 0.790. The topological polar surface area (TPSA) is 49.9 Å². The smallest absolute Gasteiger partial charge is 0.254 e. The van der Waals surface area contributed by atoms with Gasteiger partial charge in [-0.2, -0.15) is 0 Å². The van der Waals surface area contributed by atoms with Gasteiger partial charge in [0.1, 0.15) is 0 Å². The van der Waals surface area contributed by atoms with Crippen LogP contribution in [0.5, 0.6) is 0 Å². The van der Waals surface area contributed by atoms with Crippen molar-refractivity contribution in [3.8, 4) is 0 Å². The van der Waals surface area contributed by atoms with Crippen LogP contribution in [0.3, 0.4) is 0 Å². The minimum absolute atomic E-state index is 0.111. The molecule has 0 radical (unpaired) electrons. The van der Waals surface area contributed by atoms with Gasteiger partial charge in [-0.25, -0.2) is 0 Å². The molecule has 0 N–H and O–H groups in total. The van der Waals surface area contributed by atoms with E-state index >= 15 is 0 Å². The average Bonchev–Trinajstić information content (AvgIpc) is 2.44. The van der Waals surface area contributed by atoms with Gasteiger partial charge in [0.2, 0.25) is 5.91 Å². The number of methoxy groups -OCH3 is 1. The third-order valence-electron chi connectivity index (χ3n) is 4.62. The van der Waals surface area contributed by atoms with E-state index in [-0.39, 0.29) is 30.0 Å². The molecule has 2 heterocycles. The van der Waals surface area contributed by atoms with E-state index in [1.807, 2.05) is 30.6 Å². The van der Waals surface area contributed by atoms with Gasteiger partial charge in [-0.05, 0) is 32.6 Å². The molecule has 0 aromatic carbocycles. The normalized spacial score (nSPS) is 27.9. The molecule has 0 bridgehead atoms. The molecule has 2 atom stereocenters. The average molecular weight is 282 g/mol. The Kier molecular flexibility index (Phi) is 4.68. The number of amides is 2. The fourth-order valence-corrected chi connectivity index (χ4v) is 3.53. The Morgan fingerprint density at radius 3 is 2.40 bits per heavy atom. The zero-order valence-corrected chi connectivity index (χ0v) is 13.0. The summed E-state index contributed by atoms with van der Waals surface area (Å²) < 4.78 is 5.37. The molecule has 0 unspecified atom stereocenters. The van der Waals surface area contributed by atoms with Gasteiger partial charge in [0, 0.05) is 32.7 Å². The Morgan fingerprint density at radius 1 is 1.35 bits per heavy atom. The molecule has 2 fully saturated rings. The Bertz CT molecular complexity index is 375. The monoisotopic (exact) mass is 282 g/mol. The minimum atomic E-state index is -0.282. The number of rotatable bonds is 4. The molecule has 2 rings (SSSR count). The lowest BCUT2D eigenvalue weighted by Crippen LogP contribution is -2.70. The van der Waals surface area contributed by atoms with Crippen molar-refractivity contribution in [2.24, 2.45) is 5.92 Å². The Labute approximate surface area is 121 Å². The highest BCUT2D eigenvalue weighted by Crippen LogP contribution is 2.36. The van der Waals surface area contributed by atoms with Crippen molar-refractivity contribution in [1.29, 1.82) is 0 Å². The van der Waals surface area contributed by atoms with Crippen LogP contribution in [-0.4, -0.2) is 60.0 Å². The number of β-lactam (4-membered cyclic amide) rings is 1. The first-order chi connectivity index (χ1) is 9.51. The zero-order valence-electron chi connectivity index (χ0n) is 13.0. The van der Waals surface area contributed by atoms with E-state index in [0.717, 1.165) is 25.9 Å². The van der Waals surface area contributed by atoms with Crippen molar-refractivity contribution in [2.75, 3.05) is 20.2 Å². The Hall–Kier alpha value is -1.10. The quantitative estimate of drug-likeness (QED) is 0.730. The van der Waals surface area contributed by atoms with Crippen molar-refractivity contribution >= 4 is 11.8 Å². The van der Waals surface area contributed by atoms with Crippen molar-refractivity contribution < 1.29 is 14.3 Å². The Morgan fingerprint density at radius 2 is 1.95 bits per heavy atom. The first-order valence-corrected chi connectivity index (χ1v) is 7.64. The van der Waals surface area contributed by atoms with E-state index in [9.17, 15) is 9.59 Å². The number of nitrogens with zero attached hydrogens (tertiary/aromatic N) is 2. The van der Waals surface area contributed by atoms with Gasteiger partial charge < -0.3 is 14.5 Å². The van der Waals surface area contributed by atoms with Gasteiger partial charge in [0.15, 0.2) is 6.10 Å². The van der Waals surface area contributed by atoms with Crippen molar-refractivity contribution in [3.63, 3.8) is 0 Å². The number of hydrogen-bond acceptors (Lipinski definition) is 3. The first-order valence-electron chi connectivity index (χ1n) is 7.64. The van der Waals surface area contributed by atoms with Crippen LogP contribution in [0, 0.1) is 5.92 Å². The van der Waals surface area contributed by atoms with Crippen LogP contribution < -0.4 is 0 Å². The van der Waals surface area contributed by atoms with Crippen LogP contribution in [0.15, 0.2) is 0 Å². The summed E-state index contributed by atoms with van der Waals surface area (Å²) in [6.45, 7) is 7.62. The van der Waals surface area contributed by atoms with Crippen LogP contribution in [0.25, 0.3) is 0 Å². The third-order valence-corrected chi connectivity index (χ3v) is 4.62. The second-order valence-corrected chi connectivity index (χ2v) is 6.06. The summed E-state index contributed by atoms with van der Waals surface area (Å²) in [4.78, 5) is 27.6. The van der Waals surface area contributed by atoms with Crippen LogP contribution in [-0.2, 0) is 14.3 Å². The number of likely N-dealkylation sites (tertiary alicyclic amines) is 2. The number of carbonyl (C=O) groups excluding carboxylic acids is 2. The van der Waals surface area contributed by atoms with Gasteiger partial charge >= 0.3 is 0 Å². The molecule has 20 heavy (non-hydrogen) atoms. The lowest BCUT2D eigenvalue weighted by Gasteiger charge is -2.53. The van der Waals surface area contributed by atoms with Gasteiger partial charge in [-0.1, -0.05) is 6.92 Å². The highest BCUT2D eigenvalue weighted by atomic mass is 16.5. The summed E-state index contributed by atoms with van der Waals surface area (Å²) >= 11 is 0. The number of carbonyl (C=O) groups is 2. The van der Waals surface area contributed by atoms with Crippen molar-refractivity contribution in [2.45, 2.75) is 58.2 Å². The van der Waals surface area contributed by atoms with E-state index in [2.05, 4.69) is 0 Å².